The molecule has 2 N–H and O–H groups in total. The van der Waals surface area contributed by atoms with Crippen LogP contribution in [0, 0.1) is 0 Å². The lowest BCUT2D eigenvalue weighted by molar-refractivity contribution is 0.290. The molecule has 0 saturated heterocycles. The second-order valence-electron chi connectivity index (χ2n) is 11.0. The largest absolute Gasteiger partial charge is 0.508 e. The first-order chi connectivity index (χ1) is 21.5. The summed E-state index contributed by atoms with van der Waals surface area (Å²) < 4.78 is 0. The molecule has 0 aliphatic carbocycles. The number of benzene rings is 5. The van der Waals surface area contributed by atoms with Crippen LogP contribution in [0.4, 0.5) is 0 Å². The molecule has 8 heteroatoms. The number of aromatic nitrogens is 6. The Morgan fingerprint density at radius 1 is 0.432 bits per heavy atom. The van der Waals surface area contributed by atoms with Crippen molar-refractivity contribution in [2.45, 2.75) is 37.8 Å². The van der Waals surface area contributed by atoms with Crippen molar-refractivity contribution in [1.29, 1.82) is 0 Å². The van der Waals surface area contributed by atoms with Crippen molar-refractivity contribution in [3.8, 4) is 11.5 Å². The van der Waals surface area contributed by atoms with Gasteiger partial charge in [0.1, 0.15) is 44.6 Å². The fraction of sp³-hybridized carbons (Fsp3) is 0.167. The quantitative estimate of drug-likeness (QED) is 0.201. The SMILES string of the molecule is CCC(c1ccccc1O)(c1ccccc1C(CC)(c1ccccc1O)n1nc2ccccc2n1)n1nc2ccccc2n1. The molecule has 2 atom stereocenters. The van der Waals surface area contributed by atoms with Crippen LogP contribution in [0.25, 0.3) is 22.1 Å². The summed E-state index contributed by atoms with van der Waals surface area (Å²) in [6.45, 7) is 4.15. The standard InChI is InChI=1S/C36H32N6O2/c1-3-35(27-17-7-13-23-33(27)43,41-37-29-19-9-10-20-30(29)38-41)25-15-5-6-16-26(25)36(4-2,28-18-8-14-24-34(28)44)42-39-31-21-11-12-22-32(31)40-42/h5-24,43-44H,3-4H2,1-2H3. The van der Waals surface area contributed by atoms with E-state index in [0.29, 0.717) is 24.0 Å². The van der Waals surface area contributed by atoms with E-state index in [1.807, 2.05) is 97.1 Å². The van der Waals surface area contributed by atoms with Gasteiger partial charge in [-0.3, -0.25) is 0 Å². The zero-order valence-corrected chi connectivity index (χ0v) is 24.5. The molecular weight excluding hydrogens is 548 g/mol. The number of hydrogen-bond acceptors (Lipinski definition) is 6. The monoisotopic (exact) mass is 580 g/mol. The van der Waals surface area contributed by atoms with Crippen LogP contribution >= 0.6 is 0 Å². The molecule has 0 spiro atoms. The predicted molar refractivity (Wildman–Crippen MR) is 171 cm³/mol. The van der Waals surface area contributed by atoms with E-state index in [1.54, 1.807) is 21.7 Å². The van der Waals surface area contributed by atoms with E-state index in [0.717, 1.165) is 33.2 Å². The van der Waals surface area contributed by atoms with E-state index < -0.39 is 11.1 Å². The van der Waals surface area contributed by atoms with Crippen molar-refractivity contribution in [1.82, 2.24) is 30.0 Å². The molecule has 2 heterocycles. The van der Waals surface area contributed by atoms with Crippen LogP contribution in [0.1, 0.15) is 48.9 Å². The van der Waals surface area contributed by atoms with Gasteiger partial charge in [0.05, 0.1) is 0 Å². The molecule has 7 aromatic rings. The molecule has 2 unspecified atom stereocenters. The predicted octanol–water partition coefficient (Wildman–Crippen LogP) is 6.99. The zero-order valence-electron chi connectivity index (χ0n) is 24.5. The van der Waals surface area contributed by atoms with Crippen LogP contribution in [-0.2, 0) is 11.1 Å². The maximum atomic E-state index is 11.5. The van der Waals surface area contributed by atoms with Gasteiger partial charge < -0.3 is 10.2 Å². The van der Waals surface area contributed by atoms with Crippen LogP contribution in [0.15, 0.2) is 121 Å². The van der Waals surface area contributed by atoms with Gasteiger partial charge in [-0.05, 0) is 60.4 Å². The highest BCUT2D eigenvalue weighted by Gasteiger charge is 2.48. The van der Waals surface area contributed by atoms with E-state index in [1.165, 1.54) is 0 Å². The van der Waals surface area contributed by atoms with E-state index in [4.69, 9.17) is 20.4 Å². The Balaban J connectivity index is 1.63. The third kappa shape index (κ3) is 3.98. The van der Waals surface area contributed by atoms with E-state index in [-0.39, 0.29) is 11.5 Å². The Hall–Kier alpha value is -5.50. The number of hydrogen-bond donors (Lipinski definition) is 2. The van der Waals surface area contributed by atoms with Crippen molar-refractivity contribution in [2.24, 2.45) is 0 Å². The van der Waals surface area contributed by atoms with Crippen LogP contribution in [0.5, 0.6) is 11.5 Å². The summed E-state index contributed by atoms with van der Waals surface area (Å²) in [5, 5.41) is 42.9. The first-order valence-corrected chi connectivity index (χ1v) is 14.8. The average molecular weight is 581 g/mol. The first-order valence-electron chi connectivity index (χ1n) is 14.8. The smallest absolute Gasteiger partial charge is 0.136 e. The average Bonchev–Trinajstić information content (AvgIpc) is 3.70. The van der Waals surface area contributed by atoms with Gasteiger partial charge in [-0.1, -0.05) is 98.8 Å². The van der Waals surface area contributed by atoms with Crippen molar-refractivity contribution >= 4 is 22.1 Å². The topological polar surface area (TPSA) is 102 Å². The minimum Gasteiger partial charge on any atom is -0.508 e. The molecular formula is C36H32N6O2. The minimum atomic E-state index is -1.04. The summed E-state index contributed by atoms with van der Waals surface area (Å²) in [4.78, 5) is 3.48. The fourth-order valence-electron chi connectivity index (χ4n) is 6.68. The summed E-state index contributed by atoms with van der Waals surface area (Å²) in [5.41, 5.74) is 3.96. The van der Waals surface area contributed by atoms with Crippen molar-refractivity contribution in [2.75, 3.05) is 0 Å². The zero-order chi connectivity index (χ0) is 30.3. The second-order valence-corrected chi connectivity index (χ2v) is 11.0. The molecule has 0 radical (unpaired) electrons. The minimum absolute atomic E-state index is 0.137. The van der Waals surface area contributed by atoms with E-state index in [9.17, 15) is 10.2 Å². The van der Waals surface area contributed by atoms with Crippen molar-refractivity contribution < 1.29 is 10.2 Å². The van der Waals surface area contributed by atoms with Gasteiger partial charge in [-0.25, -0.2) is 0 Å². The molecule has 0 aliphatic rings. The molecule has 44 heavy (non-hydrogen) atoms. The molecule has 5 aromatic carbocycles. The molecule has 218 valence electrons. The number of fused-ring (bicyclic) bond motifs is 2. The third-order valence-electron chi connectivity index (χ3n) is 8.80. The lowest BCUT2D eigenvalue weighted by Gasteiger charge is -2.41. The summed E-state index contributed by atoms with van der Waals surface area (Å²) in [6.07, 6.45) is 1.02. The summed E-state index contributed by atoms with van der Waals surface area (Å²) in [7, 11) is 0. The highest BCUT2D eigenvalue weighted by atomic mass is 16.3. The van der Waals surface area contributed by atoms with Gasteiger partial charge in [0, 0.05) is 11.1 Å². The van der Waals surface area contributed by atoms with Gasteiger partial charge in [-0.2, -0.15) is 30.0 Å². The molecule has 0 amide bonds. The number of aromatic hydroxyl groups is 2. The van der Waals surface area contributed by atoms with Crippen LogP contribution in [0.3, 0.4) is 0 Å². The molecule has 0 aliphatic heterocycles. The number of phenolic OH excluding ortho intramolecular Hbond substituents is 2. The number of phenols is 2. The molecule has 8 nitrogen and oxygen atoms in total. The molecule has 7 rings (SSSR count). The fourth-order valence-corrected chi connectivity index (χ4v) is 6.68. The number of nitrogens with zero attached hydrogens (tertiary/aromatic N) is 6. The van der Waals surface area contributed by atoms with Crippen LogP contribution in [-0.4, -0.2) is 40.2 Å². The normalized spacial score (nSPS) is 14.4. The highest BCUT2D eigenvalue weighted by molar-refractivity contribution is 5.74. The number of para-hydroxylation sites is 2. The summed E-state index contributed by atoms with van der Waals surface area (Å²) in [6, 6.07) is 38.3. The Bertz CT molecular complexity index is 1900. The van der Waals surface area contributed by atoms with E-state index >= 15 is 0 Å². The molecule has 0 bridgehead atoms. The maximum absolute atomic E-state index is 11.5. The highest BCUT2D eigenvalue weighted by Crippen LogP contribution is 2.49. The first kappa shape index (κ1) is 27.3. The molecule has 2 aromatic heterocycles. The van der Waals surface area contributed by atoms with Gasteiger partial charge >= 0.3 is 0 Å². The third-order valence-corrected chi connectivity index (χ3v) is 8.80. The van der Waals surface area contributed by atoms with Gasteiger partial charge in [0.15, 0.2) is 0 Å². The van der Waals surface area contributed by atoms with E-state index in [2.05, 4.69) is 26.0 Å². The lowest BCUT2D eigenvalue weighted by Crippen LogP contribution is -2.44. The Morgan fingerprint density at radius 2 is 0.705 bits per heavy atom. The summed E-state index contributed by atoms with van der Waals surface area (Å²) in [5.74, 6) is 0.274. The lowest BCUT2D eigenvalue weighted by atomic mass is 9.71. The Morgan fingerprint density at radius 3 is 1.00 bits per heavy atom. The van der Waals surface area contributed by atoms with Crippen LogP contribution in [0.2, 0.25) is 0 Å². The molecule has 0 saturated carbocycles. The Kier molecular flexibility index (Phi) is 6.62. The molecule has 0 fully saturated rings. The van der Waals surface area contributed by atoms with Gasteiger partial charge in [0.25, 0.3) is 0 Å². The van der Waals surface area contributed by atoms with Crippen LogP contribution < -0.4 is 0 Å². The van der Waals surface area contributed by atoms with Gasteiger partial charge in [-0.15, -0.1) is 0 Å². The van der Waals surface area contributed by atoms with Crippen molar-refractivity contribution in [3.05, 3.63) is 144 Å². The second kappa shape index (κ2) is 10.6. The van der Waals surface area contributed by atoms with Crippen molar-refractivity contribution in [3.63, 3.8) is 0 Å². The Labute approximate surface area is 254 Å². The maximum Gasteiger partial charge on any atom is 0.136 e. The summed E-state index contributed by atoms with van der Waals surface area (Å²) >= 11 is 0. The number of rotatable bonds is 8. The van der Waals surface area contributed by atoms with Gasteiger partial charge in [0.2, 0.25) is 0 Å².